The first-order valence-corrected chi connectivity index (χ1v) is 11.2. The molecule has 2 aromatic carbocycles. The minimum absolute atomic E-state index is 0.252. The van der Waals surface area contributed by atoms with Gasteiger partial charge in [0.05, 0.1) is 14.2 Å². The number of nitrogens with zero attached hydrogens (tertiary/aromatic N) is 3. The molecule has 0 aliphatic heterocycles. The van der Waals surface area contributed by atoms with E-state index in [2.05, 4.69) is 36.6 Å². The number of benzene rings is 2. The number of carbonyl (C=O) groups is 1. The van der Waals surface area contributed by atoms with E-state index < -0.39 is 0 Å². The van der Waals surface area contributed by atoms with Crippen molar-refractivity contribution in [2.75, 3.05) is 26.1 Å². The number of aryl methyl sites for hydroxylation is 2. The van der Waals surface area contributed by atoms with Crippen LogP contribution in [0.25, 0.3) is 10.9 Å². The number of amides is 1. The lowest BCUT2D eigenvalue weighted by Crippen LogP contribution is -2.37. The van der Waals surface area contributed by atoms with Crippen LogP contribution in [0.3, 0.4) is 0 Å². The maximum Gasteiger partial charge on any atom is 0.258 e. The smallest absolute Gasteiger partial charge is 0.258 e. The Bertz CT molecular complexity index is 1340. The van der Waals surface area contributed by atoms with Crippen molar-refractivity contribution >= 4 is 28.7 Å². The average Bonchev–Trinajstić information content (AvgIpc) is 3.26. The molecule has 0 radical (unpaired) electrons. The number of aromatic nitrogens is 3. The Labute approximate surface area is 203 Å². The van der Waals surface area contributed by atoms with E-state index in [0.29, 0.717) is 36.0 Å². The van der Waals surface area contributed by atoms with Crippen molar-refractivity contribution in [2.45, 2.75) is 20.3 Å². The van der Waals surface area contributed by atoms with Crippen LogP contribution in [0, 0.1) is 13.8 Å². The summed E-state index contributed by atoms with van der Waals surface area (Å²) in [6.45, 7) is 4.21. The van der Waals surface area contributed by atoms with E-state index in [0.717, 1.165) is 27.9 Å². The van der Waals surface area contributed by atoms with Crippen molar-refractivity contribution in [3.8, 4) is 11.5 Å². The number of aliphatic imine (C=N–C) groups is 1. The SMILES string of the molecule is COc1cc(OC)cc(C(=O)NC(=NCCc2c[nH]c3ccccc23)Nc2nc(C)cc(C)n2)c1. The number of guanidine groups is 1. The molecule has 4 rings (SSSR count). The van der Waals surface area contributed by atoms with Crippen LogP contribution in [-0.2, 0) is 6.42 Å². The zero-order valence-electron chi connectivity index (χ0n) is 20.2. The van der Waals surface area contributed by atoms with Gasteiger partial charge in [0.1, 0.15) is 11.5 Å². The third kappa shape index (κ3) is 5.94. The molecule has 180 valence electrons. The lowest BCUT2D eigenvalue weighted by atomic mass is 10.1. The second-order valence-corrected chi connectivity index (χ2v) is 7.99. The van der Waals surface area contributed by atoms with Crippen LogP contribution in [-0.4, -0.2) is 47.6 Å². The van der Waals surface area contributed by atoms with Crippen LogP contribution in [0.2, 0.25) is 0 Å². The first kappa shape index (κ1) is 23.7. The maximum atomic E-state index is 13.1. The Balaban J connectivity index is 1.57. The molecule has 0 aliphatic rings. The fraction of sp³-hybridized carbons (Fsp3) is 0.231. The van der Waals surface area contributed by atoms with Crippen molar-refractivity contribution < 1.29 is 14.3 Å². The van der Waals surface area contributed by atoms with Gasteiger partial charge >= 0.3 is 0 Å². The predicted molar refractivity (Wildman–Crippen MR) is 136 cm³/mol. The molecule has 0 fully saturated rings. The van der Waals surface area contributed by atoms with Crippen LogP contribution in [0.4, 0.5) is 5.95 Å². The van der Waals surface area contributed by atoms with Crippen LogP contribution >= 0.6 is 0 Å². The highest BCUT2D eigenvalue weighted by Crippen LogP contribution is 2.22. The highest BCUT2D eigenvalue weighted by Gasteiger charge is 2.14. The molecule has 3 N–H and O–H groups in total. The van der Waals surface area contributed by atoms with Crippen LogP contribution in [0.15, 0.2) is 59.7 Å². The number of H-pyrrole nitrogens is 1. The van der Waals surface area contributed by atoms with Gasteiger partial charge in [-0.15, -0.1) is 0 Å². The molecule has 0 aliphatic carbocycles. The van der Waals surface area contributed by atoms with Gasteiger partial charge in [-0.1, -0.05) is 18.2 Å². The highest BCUT2D eigenvalue weighted by molar-refractivity contribution is 6.09. The number of hydrogen-bond donors (Lipinski definition) is 3. The van der Waals surface area contributed by atoms with Crippen molar-refractivity contribution in [1.82, 2.24) is 20.3 Å². The van der Waals surface area contributed by atoms with E-state index in [9.17, 15) is 4.79 Å². The van der Waals surface area contributed by atoms with Crippen LogP contribution < -0.4 is 20.1 Å². The first-order chi connectivity index (χ1) is 16.9. The van der Waals surface area contributed by atoms with Gasteiger partial charge in [-0.05, 0) is 50.1 Å². The van der Waals surface area contributed by atoms with Crippen molar-refractivity contribution in [2.24, 2.45) is 4.99 Å². The summed E-state index contributed by atoms with van der Waals surface area (Å²) in [5, 5.41) is 7.06. The summed E-state index contributed by atoms with van der Waals surface area (Å²) >= 11 is 0. The van der Waals surface area contributed by atoms with Gasteiger partial charge in [-0.2, -0.15) is 0 Å². The molecule has 0 saturated heterocycles. The van der Waals surface area contributed by atoms with E-state index >= 15 is 0 Å². The fourth-order valence-electron chi connectivity index (χ4n) is 3.74. The quantitative estimate of drug-likeness (QED) is 0.276. The second-order valence-electron chi connectivity index (χ2n) is 7.99. The van der Waals surface area contributed by atoms with Gasteiger partial charge in [0.2, 0.25) is 11.9 Å². The summed E-state index contributed by atoms with van der Waals surface area (Å²) in [6, 6.07) is 15.0. The number of rotatable bonds is 7. The van der Waals surface area contributed by atoms with E-state index in [1.807, 2.05) is 44.3 Å². The molecule has 0 spiro atoms. The minimum Gasteiger partial charge on any atom is -0.497 e. The standard InChI is InChI=1S/C26H28N6O3/c1-16-11-17(2)30-26(29-16)32-25(27-10-9-18-15-28-23-8-6-5-7-22(18)23)31-24(33)19-12-20(34-3)14-21(13-19)35-4/h5-8,11-15,28H,9-10H2,1-4H3,(H2,27,29,30,31,32,33). The molecule has 2 heterocycles. The predicted octanol–water partition coefficient (Wildman–Crippen LogP) is 4.03. The molecule has 0 bridgehead atoms. The number of carbonyl (C=O) groups excluding carboxylic acids is 1. The van der Waals surface area contributed by atoms with Gasteiger partial charge in [0.15, 0.2) is 0 Å². The Morgan fingerprint density at radius 3 is 2.37 bits per heavy atom. The number of methoxy groups -OCH3 is 2. The highest BCUT2D eigenvalue weighted by atomic mass is 16.5. The number of anilines is 1. The number of para-hydroxylation sites is 1. The van der Waals surface area contributed by atoms with Gasteiger partial charge in [-0.3, -0.25) is 20.4 Å². The van der Waals surface area contributed by atoms with Crippen molar-refractivity contribution in [3.63, 3.8) is 0 Å². The fourth-order valence-corrected chi connectivity index (χ4v) is 3.74. The molecular formula is C26H28N6O3. The zero-order valence-corrected chi connectivity index (χ0v) is 20.2. The summed E-state index contributed by atoms with van der Waals surface area (Å²) in [6.07, 6.45) is 2.67. The van der Waals surface area contributed by atoms with Gasteiger partial charge < -0.3 is 14.5 Å². The Morgan fingerprint density at radius 1 is 1.00 bits per heavy atom. The summed E-state index contributed by atoms with van der Waals surface area (Å²) in [5.74, 6) is 1.26. The number of aromatic amines is 1. The zero-order chi connectivity index (χ0) is 24.8. The number of fused-ring (bicyclic) bond motifs is 1. The molecule has 35 heavy (non-hydrogen) atoms. The molecule has 0 unspecified atom stereocenters. The average molecular weight is 473 g/mol. The summed E-state index contributed by atoms with van der Waals surface area (Å²) < 4.78 is 10.6. The summed E-state index contributed by atoms with van der Waals surface area (Å²) in [4.78, 5) is 29.8. The van der Waals surface area contributed by atoms with Gasteiger partial charge in [0, 0.05) is 46.7 Å². The van der Waals surface area contributed by atoms with Crippen molar-refractivity contribution in [1.29, 1.82) is 0 Å². The second kappa shape index (κ2) is 10.7. The third-order valence-corrected chi connectivity index (χ3v) is 5.38. The lowest BCUT2D eigenvalue weighted by molar-refractivity contribution is 0.0976. The van der Waals surface area contributed by atoms with E-state index in [1.165, 1.54) is 14.2 Å². The van der Waals surface area contributed by atoms with E-state index in [4.69, 9.17) is 9.47 Å². The number of hydrogen-bond acceptors (Lipinski definition) is 6. The first-order valence-electron chi connectivity index (χ1n) is 11.2. The largest absolute Gasteiger partial charge is 0.497 e. The summed E-state index contributed by atoms with van der Waals surface area (Å²) in [5.41, 5.74) is 4.21. The molecule has 0 atom stereocenters. The van der Waals surface area contributed by atoms with E-state index in [-0.39, 0.29) is 11.9 Å². The molecule has 1 amide bonds. The molecule has 4 aromatic rings. The molecule has 9 nitrogen and oxygen atoms in total. The topological polar surface area (TPSA) is 114 Å². The van der Waals surface area contributed by atoms with Gasteiger partial charge in [0.25, 0.3) is 5.91 Å². The molecule has 2 aromatic heterocycles. The Morgan fingerprint density at radius 2 is 1.69 bits per heavy atom. The number of ether oxygens (including phenoxy) is 2. The molecular weight excluding hydrogens is 444 g/mol. The third-order valence-electron chi connectivity index (χ3n) is 5.38. The lowest BCUT2D eigenvalue weighted by Gasteiger charge is -2.13. The van der Waals surface area contributed by atoms with E-state index in [1.54, 1.807) is 18.2 Å². The summed E-state index contributed by atoms with van der Waals surface area (Å²) in [7, 11) is 3.07. The Kier molecular flexibility index (Phi) is 7.25. The molecule has 0 saturated carbocycles. The monoisotopic (exact) mass is 472 g/mol. The minimum atomic E-state index is -0.370. The van der Waals surface area contributed by atoms with Crippen LogP contribution in [0.5, 0.6) is 11.5 Å². The normalized spacial score (nSPS) is 11.4. The Hall–Kier alpha value is -4.40. The number of nitrogens with one attached hydrogen (secondary N) is 3. The van der Waals surface area contributed by atoms with Crippen LogP contribution in [0.1, 0.15) is 27.3 Å². The van der Waals surface area contributed by atoms with Gasteiger partial charge in [-0.25, -0.2) is 9.97 Å². The maximum absolute atomic E-state index is 13.1. The van der Waals surface area contributed by atoms with Crippen molar-refractivity contribution in [3.05, 3.63) is 77.2 Å². The molecule has 9 heteroatoms.